The lowest BCUT2D eigenvalue weighted by Crippen LogP contribution is -2.15. The fourth-order valence-electron chi connectivity index (χ4n) is 2.36. The highest BCUT2D eigenvalue weighted by Gasteiger charge is 2.14. The lowest BCUT2D eigenvalue weighted by Gasteiger charge is -2.09. The molecule has 1 heterocycles. The summed E-state index contributed by atoms with van der Waals surface area (Å²) in [4.78, 5) is 24.5. The second kappa shape index (κ2) is 6.49. The highest BCUT2D eigenvalue weighted by molar-refractivity contribution is 9.10. The SMILES string of the molecule is COc1ccc2c(=O)oc(C(=O)Nc3ccc(Br)cc3C)cc2c1. The van der Waals surface area contributed by atoms with Gasteiger partial charge in [0, 0.05) is 10.2 Å². The number of carbonyl (C=O) groups is 1. The van der Waals surface area contributed by atoms with Crippen molar-refractivity contribution in [1.29, 1.82) is 0 Å². The summed E-state index contributed by atoms with van der Waals surface area (Å²) >= 11 is 3.37. The molecule has 0 aliphatic carbocycles. The Hall–Kier alpha value is -2.60. The quantitative estimate of drug-likeness (QED) is 0.733. The van der Waals surface area contributed by atoms with Crippen molar-refractivity contribution < 1.29 is 13.9 Å². The van der Waals surface area contributed by atoms with Crippen LogP contribution < -0.4 is 15.7 Å². The average Bonchev–Trinajstić information content (AvgIpc) is 2.56. The number of hydrogen-bond acceptors (Lipinski definition) is 4. The smallest absolute Gasteiger partial charge is 0.344 e. The van der Waals surface area contributed by atoms with Crippen LogP contribution in [-0.4, -0.2) is 13.0 Å². The van der Waals surface area contributed by atoms with Crippen LogP contribution in [0.3, 0.4) is 0 Å². The third-order valence-corrected chi connectivity index (χ3v) is 4.12. The predicted molar refractivity (Wildman–Crippen MR) is 95.9 cm³/mol. The van der Waals surface area contributed by atoms with Crippen LogP contribution in [0, 0.1) is 6.92 Å². The molecule has 0 atom stereocenters. The van der Waals surface area contributed by atoms with Crippen LogP contribution in [0.5, 0.6) is 5.75 Å². The standard InChI is InChI=1S/C18H14BrNO4/c1-10-7-12(19)3-6-15(10)20-17(21)16-9-11-8-13(23-2)4-5-14(11)18(22)24-16/h3-9H,1-2H3,(H,20,21). The summed E-state index contributed by atoms with van der Waals surface area (Å²) in [5.74, 6) is 0.0635. The first-order valence-electron chi connectivity index (χ1n) is 7.17. The number of ether oxygens (including phenoxy) is 1. The van der Waals surface area contributed by atoms with Crippen molar-refractivity contribution in [2.24, 2.45) is 0 Å². The van der Waals surface area contributed by atoms with Gasteiger partial charge in [0.05, 0.1) is 12.5 Å². The minimum absolute atomic E-state index is 0.0527. The molecule has 0 saturated heterocycles. The second-order valence-corrected chi connectivity index (χ2v) is 6.18. The maximum atomic E-state index is 12.4. The highest BCUT2D eigenvalue weighted by atomic mass is 79.9. The Balaban J connectivity index is 1.99. The molecule has 0 fully saturated rings. The number of benzene rings is 2. The zero-order valence-electron chi connectivity index (χ0n) is 13.1. The molecule has 3 rings (SSSR count). The Labute approximate surface area is 146 Å². The molecular formula is C18H14BrNO4. The molecule has 3 aromatic rings. The zero-order valence-corrected chi connectivity index (χ0v) is 14.6. The molecule has 0 aliphatic heterocycles. The van der Waals surface area contributed by atoms with Gasteiger partial charge in [-0.2, -0.15) is 0 Å². The minimum atomic E-state index is -0.562. The number of rotatable bonds is 3. The van der Waals surface area contributed by atoms with Gasteiger partial charge in [-0.25, -0.2) is 4.79 Å². The Morgan fingerprint density at radius 2 is 1.96 bits per heavy atom. The summed E-state index contributed by atoms with van der Waals surface area (Å²) in [6.45, 7) is 1.88. The maximum Gasteiger partial charge on any atom is 0.344 e. The van der Waals surface area contributed by atoms with E-state index in [0.717, 1.165) is 10.0 Å². The average molecular weight is 388 g/mol. The van der Waals surface area contributed by atoms with Crippen molar-refractivity contribution in [2.45, 2.75) is 6.92 Å². The van der Waals surface area contributed by atoms with Crippen molar-refractivity contribution in [3.8, 4) is 5.75 Å². The summed E-state index contributed by atoms with van der Waals surface area (Å²) in [5.41, 5.74) is 0.979. The third kappa shape index (κ3) is 3.19. The van der Waals surface area contributed by atoms with Crippen molar-refractivity contribution in [3.05, 3.63) is 68.7 Å². The van der Waals surface area contributed by atoms with Gasteiger partial charge in [0.1, 0.15) is 5.75 Å². The largest absolute Gasteiger partial charge is 0.497 e. The van der Waals surface area contributed by atoms with Crippen molar-refractivity contribution in [3.63, 3.8) is 0 Å². The van der Waals surface area contributed by atoms with Crippen LogP contribution in [0.25, 0.3) is 10.8 Å². The van der Waals surface area contributed by atoms with E-state index in [1.54, 1.807) is 24.3 Å². The first-order chi connectivity index (χ1) is 11.5. The van der Waals surface area contributed by atoms with Gasteiger partial charge in [-0.05, 0) is 60.3 Å². The zero-order chi connectivity index (χ0) is 17.3. The summed E-state index contributed by atoms with van der Waals surface area (Å²) in [6, 6.07) is 12.0. The van der Waals surface area contributed by atoms with Gasteiger partial charge in [-0.1, -0.05) is 15.9 Å². The van der Waals surface area contributed by atoms with Crippen molar-refractivity contribution in [1.82, 2.24) is 0 Å². The van der Waals surface area contributed by atoms with Gasteiger partial charge in [0.2, 0.25) is 0 Å². The monoisotopic (exact) mass is 387 g/mol. The molecule has 0 saturated carbocycles. The summed E-state index contributed by atoms with van der Waals surface area (Å²) in [7, 11) is 1.54. The van der Waals surface area contributed by atoms with Crippen LogP contribution in [0.1, 0.15) is 16.1 Å². The van der Waals surface area contributed by atoms with E-state index in [4.69, 9.17) is 9.15 Å². The van der Waals surface area contributed by atoms with Crippen LogP contribution >= 0.6 is 15.9 Å². The first kappa shape index (κ1) is 16.3. The van der Waals surface area contributed by atoms with E-state index in [-0.39, 0.29) is 5.76 Å². The second-order valence-electron chi connectivity index (χ2n) is 5.26. The summed E-state index contributed by atoms with van der Waals surface area (Å²) < 4.78 is 11.2. The van der Waals surface area contributed by atoms with Gasteiger partial charge >= 0.3 is 5.63 Å². The van der Waals surface area contributed by atoms with E-state index in [2.05, 4.69) is 21.2 Å². The Morgan fingerprint density at radius 3 is 2.67 bits per heavy atom. The fraction of sp³-hybridized carbons (Fsp3) is 0.111. The van der Waals surface area contributed by atoms with E-state index in [1.165, 1.54) is 13.2 Å². The number of anilines is 1. The van der Waals surface area contributed by atoms with Gasteiger partial charge in [0.25, 0.3) is 5.91 Å². The molecule has 2 aromatic carbocycles. The molecule has 6 heteroatoms. The molecule has 24 heavy (non-hydrogen) atoms. The van der Waals surface area contributed by atoms with E-state index in [0.29, 0.717) is 22.2 Å². The van der Waals surface area contributed by atoms with Crippen LogP contribution in [0.15, 0.2) is 56.1 Å². The van der Waals surface area contributed by atoms with Gasteiger partial charge in [-0.15, -0.1) is 0 Å². The molecular weight excluding hydrogens is 374 g/mol. The highest BCUT2D eigenvalue weighted by Crippen LogP contribution is 2.22. The molecule has 5 nitrogen and oxygen atoms in total. The van der Waals surface area contributed by atoms with Gasteiger partial charge in [-0.3, -0.25) is 4.79 Å². The molecule has 0 unspecified atom stereocenters. The third-order valence-electron chi connectivity index (χ3n) is 3.63. The van der Waals surface area contributed by atoms with E-state index < -0.39 is 11.5 Å². The normalized spacial score (nSPS) is 10.6. The van der Waals surface area contributed by atoms with Crippen LogP contribution in [0.2, 0.25) is 0 Å². The number of fused-ring (bicyclic) bond motifs is 1. The van der Waals surface area contributed by atoms with Gasteiger partial charge in [0.15, 0.2) is 5.76 Å². The molecule has 0 aliphatic rings. The van der Waals surface area contributed by atoms with E-state index in [9.17, 15) is 9.59 Å². The minimum Gasteiger partial charge on any atom is -0.497 e. The molecule has 122 valence electrons. The lowest BCUT2D eigenvalue weighted by molar-refractivity contribution is 0.0993. The Bertz CT molecular complexity index is 994. The number of methoxy groups -OCH3 is 1. The number of halogens is 1. The van der Waals surface area contributed by atoms with Crippen LogP contribution in [-0.2, 0) is 0 Å². The molecule has 0 radical (unpaired) electrons. The van der Waals surface area contributed by atoms with E-state index in [1.807, 2.05) is 19.1 Å². The number of hydrogen-bond donors (Lipinski definition) is 1. The lowest BCUT2D eigenvalue weighted by atomic mass is 10.1. The maximum absolute atomic E-state index is 12.4. The number of carbonyl (C=O) groups excluding carboxylic acids is 1. The van der Waals surface area contributed by atoms with Gasteiger partial charge < -0.3 is 14.5 Å². The number of amides is 1. The molecule has 0 spiro atoms. The number of nitrogens with one attached hydrogen (secondary N) is 1. The van der Waals surface area contributed by atoms with Crippen LogP contribution in [0.4, 0.5) is 5.69 Å². The van der Waals surface area contributed by atoms with Crippen molar-refractivity contribution >= 4 is 38.3 Å². The predicted octanol–water partition coefficient (Wildman–Crippen LogP) is 4.12. The summed E-state index contributed by atoms with van der Waals surface area (Å²) in [6.07, 6.45) is 0. The molecule has 1 N–H and O–H groups in total. The molecule has 0 bridgehead atoms. The molecule has 1 aromatic heterocycles. The molecule has 1 amide bonds. The van der Waals surface area contributed by atoms with Crippen molar-refractivity contribution in [2.75, 3.05) is 12.4 Å². The summed E-state index contributed by atoms with van der Waals surface area (Å²) in [5, 5.41) is 3.73. The number of aryl methyl sites for hydroxylation is 1. The first-order valence-corrected chi connectivity index (χ1v) is 7.96. The topological polar surface area (TPSA) is 68.5 Å². The Morgan fingerprint density at radius 1 is 1.17 bits per heavy atom. The fourth-order valence-corrected chi connectivity index (χ4v) is 2.84. The Kier molecular flexibility index (Phi) is 4.40. The van der Waals surface area contributed by atoms with E-state index >= 15 is 0 Å².